The van der Waals surface area contributed by atoms with E-state index in [-0.39, 0.29) is 23.0 Å². The molecule has 2 aromatic rings. The predicted octanol–water partition coefficient (Wildman–Crippen LogP) is 4.16. The number of H-pyrrole nitrogens is 1. The number of nitrogens with one attached hydrogen (secondary N) is 1. The Morgan fingerprint density at radius 2 is 2.22 bits per heavy atom. The van der Waals surface area contributed by atoms with Gasteiger partial charge in [0.1, 0.15) is 11.5 Å². The van der Waals surface area contributed by atoms with Crippen molar-refractivity contribution in [3.05, 3.63) is 35.3 Å². The molecular formula is C18H22FNO3. The molecule has 1 saturated heterocycles. The van der Waals surface area contributed by atoms with Crippen molar-refractivity contribution in [3.63, 3.8) is 0 Å². The van der Waals surface area contributed by atoms with Crippen LogP contribution in [0.2, 0.25) is 0 Å². The summed E-state index contributed by atoms with van der Waals surface area (Å²) < 4.78 is 25.1. The zero-order valence-electron chi connectivity index (χ0n) is 13.7. The van der Waals surface area contributed by atoms with Crippen LogP contribution in [-0.4, -0.2) is 29.8 Å². The molecule has 0 bridgehead atoms. The molecule has 124 valence electrons. The molecule has 23 heavy (non-hydrogen) atoms. The molecule has 2 heterocycles. The van der Waals surface area contributed by atoms with Crippen LogP contribution < -0.4 is 0 Å². The zero-order chi connectivity index (χ0) is 16.6. The number of carbonyl (C=O) groups is 1. The zero-order valence-corrected chi connectivity index (χ0v) is 13.7. The average molecular weight is 319 g/mol. The van der Waals surface area contributed by atoms with Crippen LogP contribution >= 0.6 is 0 Å². The Labute approximate surface area is 135 Å². The first kappa shape index (κ1) is 16.0. The Hall–Kier alpha value is -1.88. The van der Waals surface area contributed by atoms with Crippen molar-refractivity contribution in [2.45, 2.75) is 45.1 Å². The van der Waals surface area contributed by atoms with E-state index in [1.54, 1.807) is 19.1 Å². The lowest BCUT2D eigenvalue weighted by molar-refractivity contribution is -0.0593. The van der Waals surface area contributed by atoms with Crippen LogP contribution in [0.4, 0.5) is 4.39 Å². The van der Waals surface area contributed by atoms with Crippen molar-refractivity contribution in [3.8, 4) is 0 Å². The van der Waals surface area contributed by atoms with Gasteiger partial charge in [0.2, 0.25) is 0 Å². The second-order valence-electron chi connectivity index (χ2n) is 6.67. The lowest BCUT2D eigenvalue weighted by Crippen LogP contribution is -2.33. The highest BCUT2D eigenvalue weighted by atomic mass is 19.1. The Morgan fingerprint density at radius 3 is 2.91 bits per heavy atom. The number of carbonyl (C=O) groups excluding carboxylic acids is 1. The molecule has 1 aliphatic rings. The molecule has 0 amide bonds. The highest BCUT2D eigenvalue weighted by Crippen LogP contribution is 2.37. The maximum atomic E-state index is 14.4. The molecule has 0 aliphatic carbocycles. The Morgan fingerprint density at radius 1 is 1.43 bits per heavy atom. The van der Waals surface area contributed by atoms with E-state index in [1.807, 2.05) is 6.07 Å². The highest BCUT2D eigenvalue weighted by Gasteiger charge is 2.30. The number of rotatable bonds is 3. The van der Waals surface area contributed by atoms with E-state index in [4.69, 9.17) is 9.47 Å². The van der Waals surface area contributed by atoms with Crippen LogP contribution in [0.15, 0.2) is 18.2 Å². The maximum Gasteiger partial charge on any atom is 0.354 e. The molecule has 0 spiro atoms. The van der Waals surface area contributed by atoms with E-state index in [0.29, 0.717) is 24.1 Å². The molecule has 3 rings (SSSR count). The number of aromatic nitrogens is 1. The van der Waals surface area contributed by atoms with Crippen molar-refractivity contribution < 1.29 is 18.7 Å². The van der Waals surface area contributed by atoms with Gasteiger partial charge in [-0.15, -0.1) is 0 Å². The summed E-state index contributed by atoms with van der Waals surface area (Å²) in [4.78, 5) is 14.6. The van der Waals surface area contributed by atoms with Gasteiger partial charge >= 0.3 is 5.97 Å². The third kappa shape index (κ3) is 3.24. The summed E-state index contributed by atoms with van der Waals surface area (Å²) in [6, 6.07) is 5.19. The molecule has 1 atom stereocenters. The summed E-state index contributed by atoms with van der Waals surface area (Å²) in [5.41, 5.74) is 1.40. The number of ether oxygens (including phenoxy) is 2. The molecule has 1 N–H and O–H groups in total. The molecule has 0 saturated carbocycles. The van der Waals surface area contributed by atoms with Crippen LogP contribution in [0.3, 0.4) is 0 Å². The third-order valence-electron chi connectivity index (χ3n) is 4.37. The van der Waals surface area contributed by atoms with E-state index >= 15 is 0 Å². The van der Waals surface area contributed by atoms with Crippen LogP contribution in [0, 0.1) is 5.82 Å². The van der Waals surface area contributed by atoms with Crippen molar-refractivity contribution in [2.24, 2.45) is 0 Å². The first-order valence-electron chi connectivity index (χ1n) is 8.03. The number of hydrogen-bond acceptors (Lipinski definition) is 3. The molecule has 4 nitrogen and oxygen atoms in total. The van der Waals surface area contributed by atoms with Gasteiger partial charge in [-0.25, -0.2) is 9.18 Å². The van der Waals surface area contributed by atoms with E-state index < -0.39 is 5.97 Å². The van der Waals surface area contributed by atoms with Crippen LogP contribution in [0.5, 0.6) is 0 Å². The number of halogens is 1. The van der Waals surface area contributed by atoms with E-state index in [1.165, 1.54) is 0 Å². The summed E-state index contributed by atoms with van der Waals surface area (Å²) in [5, 5.41) is 0.701. The molecule has 1 aliphatic heterocycles. The molecule has 1 fully saturated rings. The summed E-state index contributed by atoms with van der Waals surface area (Å²) in [6.45, 7) is 6.83. The quantitative estimate of drug-likeness (QED) is 0.864. The normalized spacial score (nSPS) is 20.6. The van der Waals surface area contributed by atoms with Crippen molar-refractivity contribution in [1.82, 2.24) is 4.98 Å². The van der Waals surface area contributed by atoms with E-state index in [0.717, 1.165) is 18.4 Å². The number of fused-ring (bicyclic) bond motifs is 1. The van der Waals surface area contributed by atoms with Gasteiger partial charge in [0.15, 0.2) is 0 Å². The average Bonchev–Trinajstić information content (AvgIpc) is 2.91. The third-order valence-corrected chi connectivity index (χ3v) is 4.37. The summed E-state index contributed by atoms with van der Waals surface area (Å²) >= 11 is 0. The lowest BCUT2D eigenvalue weighted by Gasteiger charge is -2.35. The minimum atomic E-state index is -0.461. The predicted molar refractivity (Wildman–Crippen MR) is 86.2 cm³/mol. The van der Waals surface area contributed by atoms with Gasteiger partial charge in [-0.2, -0.15) is 0 Å². The van der Waals surface area contributed by atoms with Gasteiger partial charge in [-0.1, -0.05) is 0 Å². The molecule has 1 aromatic carbocycles. The fraction of sp³-hybridized carbons (Fsp3) is 0.500. The number of benzene rings is 1. The van der Waals surface area contributed by atoms with Gasteiger partial charge in [0, 0.05) is 12.0 Å². The Kier molecular flexibility index (Phi) is 4.15. The van der Waals surface area contributed by atoms with Gasteiger partial charge in [0.25, 0.3) is 0 Å². The summed E-state index contributed by atoms with van der Waals surface area (Å²) in [5.74, 6) is -0.534. The monoisotopic (exact) mass is 319 g/mol. The van der Waals surface area contributed by atoms with Crippen molar-refractivity contribution in [2.75, 3.05) is 13.2 Å². The highest BCUT2D eigenvalue weighted by molar-refractivity contribution is 5.95. The minimum Gasteiger partial charge on any atom is -0.461 e. The van der Waals surface area contributed by atoms with Gasteiger partial charge in [-0.3, -0.25) is 0 Å². The van der Waals surface area contributed by atoms with Gasteiger partial charge in [-0.05, 0) is 63.3 Å². The van der Waals surface area contributed by atoms with Crippen molar-refractivity contribution >= 4 is 16.9 Å². The SMILES string of the molecule is CCOC(=O)c1cc2cc([C@@H]3CCOC(C)(C)C3)cc(F)c2[nH]1. The first-order chi connectivity index (χ1) is 10.9. The molecule has 0 unspecified atom stereocenters. The van der Waals surface area contributed by atoms with Crippen LogP contribution in [0.1, 0.15) is 55.6 Å². The smallest absolute Gasteiger partial charge is 0.354 e. The minimum absolute atomic E-state index is 0.192. The number of aromatic amines is 1. The lowest BCUT2D eigenvalue weighted by atomic mass is 9.83. The van der Waals surface area contributed by atoms with Gasteiger partial charge < -0.3 is 14.5 Å². The van der Waals surface area contributed by atoms with E-state index in [9.17, 15) is 9.18 Å². The topological polar surface area (TPSA) is 51.3 Å². The molecule has 0 radical (unpaired) electrons. The van der Waals surface area contributed by atoms with Gasteiger partial charge in [0.05, 0.1) is 17.7 Å². The Balaban J connectivity index is 1.95. The van der Waals surface area contributed by atoms with E-state index in [2.05, 4.69) is 18.8 Å². The molecule has 5 heteroatoms. The standard InChI is InChI=1S/C18H22FNO3/c1-4-22-17(21)15-9-13-7-12(8-14(19)16(13)20-15)11-5-6-23-18(2,3)10-11/h7-9,11,20H,4-6,10H2,1-3H3/t11-/m1/s1. The number of esters is 1. The Bertz CT molecular complexity index is 735. The molecular weight excluding hydrogens is 297 g/mol. The largest absolute Gasteiger partial charge is 0.461 e. The molecule has 1 aromatic heterocycles. The van der Waals surface area contributed by atoms with Crippen molar-refractivity contribution in [1.29, 1.82) is 0 Å². The fourth-order valence-electron chi connectivity index (χ4n) is 3.29. The summed E-state index contributed by atoms with van der Waals surface area (Å²) in [6.07, 6.45) is 1.73. The maximum absolute atomic E-state index is 14.4. The number of hydrogen-bond donors (Lipinski definition) is 1. The van der Waals surface area contributed by atoms with Crippen LogP contribution in [-0.2, 0) is 9.47 Å². The fourth-order valence-corrected chi connectivity index (χ4v) is 3.29. The van der Waals surface area contributed by atoms with Crippen LogP contribution in [0.25, 0.3) is 10.9 Å². The second-order valence-corrected chi connectivity index (χ2v) is 6.67. The first-order valence-corrected chi connectivity index (χ1v) is 8.03. The summed E-state index contributed by atoms with van der Waals surface area (Å²) in [7, 11) is 0. The second kappa shape index (κ2) is 5.96.